The van der Waals surface area contributed by atoms with Gasteiger partial charge in [-0.05, 0) is 41.1 Å². The summed E-state index contributed by atoms with van der Waals surface area (Å²) in [5, 5.41) is 14.5. The van der Waals surface area contributed by atoms with Crippen LogP contribution in [0.15, 0.2) is 18.2 Å². The van der Waals surface area contributed by atoms with Crippen molar-refractivity contribution in [2.45, 2.75) is 26.4 Å². The highest BCUT2D eigenvalue weighted by Crippen LogP contribution is 2.09. The molecule has 1 aromatic carbocycles. The molecule has 1 aromatic heterocycles. The molecule has 5 nitrogen and oxygen atoms in total. The maximum Gasteiger partial charge on any atom is 0.165 e. The summed E-state index contributed by atoms with van der Waals surface area (Å²) in [6.45, 7) is 3.86. The van der Waals surface area contributed by atoms with E-state index in [-0.39, 0.29) is 0 Å². The molecule has 102 valence electrons. The summed E-state index contributed by atoms with van der Waals surface area (Å²) in [4.78, 5) is 0. The molecule has 0 aliphatic heterocycles. The quantitative estimate of drug-likeness (QED) is 0.857. The molecule has 0 saturated heterocycles. The van der Waals surface area contributed by atoms with Gasteiger partial charge in [0.2, 0.25) is 0 Å². The zero-order valence-electron chi connectivity index (χ0n) is 10.6. The highest BCUT2D eigenvalue weighted by Gasteiger charge is 2.06. The maximum absolute atomic E-state index is 13.0. The first-order valence-electron chi connectivity index (χ1n) is 6.09. The number of aromatic nitrogens is 4. The van der Waals surface area contributed by atoms with Crippen LogP contribution in [0.25, 0.3) is 0 Å². The predicted octanol–water partition coefficient (Wildman–Crippen LogP) is 1.30. The average molecular weight is 267 g/mol. The lowest BCUT2D eigenvalue weighted by Gasteiger charge is -2.05. The Labute approximate surface area is 109 Å². The molecule has 0 aliphatic rings. The lowest BCUT2D eigenvalue weighted by molar-refractivity contribution is 0.539. The highest BCUT2D eigenvalue weighted by molar-refractivity contribution is 5.17. The number of nitrogens with one attached hydrogen (secondary N) is 1. The second-order valence-corrected chi connectivity index (χ2v) is 4.13. The number of rotatable bonds is 6. The smallest absolute Gasteiger partial charge is 0.165 e. The number of aryl methyl sites for hydroxylation is 2. The summed E-state index contributed by atoms with van der Waals surface area (Å²) >= 11 is 0. The van der Waals surface area contributed by atoms with Gasteiger partial charge in [-0.25, -0.2) is 13.5 Å². The van der Waals surface area contributed by atoms with E-state index in [2.05, 4.69) is 20.8 Å². The van der Waals surface area contributed by atoms with Gasteiger partial charge < -0.3 is 5.32 Å². The van der Waals surface area contributed by atoms with E-state index < -0.39 is 11.6 Å². The molecule has 0 bridgehead atoms. The van der Waals surface area contributed by atoms with Gasteiger partial charge in [-0.15, -0.1) is 5.10 Å². The molecule has 1 heterocycles. The van der Waals surface area contributed by atoms with Crippen molar-refractivity contribution in [3.05, 3.63) is 41.2 Å². The van der Waals surface area contributed by atoms with Crippen molar-refractivity contribution in [1.29, 1.82) is 0 Å². The summed E-state index contributed by atoms with van der Waals surface area (Å²) in [6, 6.07) is 3.49. The van der Waals surface area contributed by atoms with Gasteiger partial charge in [-0.2, -0.15) is 0 Å². The Morgan fingerprint density at radius 1 is 1.21 bits per heavy atom. The fraction of sp³-hybridized carbons (Fsp3) is 0.417. The van der Waals surface area contributed by atoms with Crippen molar-refractivity contribution in [1.82, 2.24) is 25.5 Å². The van der Waals surface area contributed by atoms with Crippen LogP contribution in [-0.4, -0.2) is 26.8 Å². The van der Waals surface area contributed by atoms with Crippen molar-refractivity contribution in [3.8, 4) is 0 Å². The molecule has 0 fully saturated rings. The van der Waals surface area contributed by atoms with Crippen molar-refractivity contribution >= 4 is 0 Å². The Balaban J connectivity index is 2.00. The fourth-order valence-electron chi connectivity index (χ4n) is 1.75. The number of halogens is 2. The summed E-state index contributed by atoms with van der Waals surface area (Å²) in [6.07, 6.45) is 0.471. The molecule has 19 heavy (non-hydrogen) atoms. The van der Waals surface area contributed by atoms with Crippen molar-refractivity contribution in [3.63, 3.8) is 0 Å². The third-order valence-corrected chi connectivity index (χ3v) is 2.67. The molecule has 7 heteroatoms. The van der Waals surface area contributed by atoms with Crippen LogP contribution < -0.4 is 5.32 Å². The van der Waals surface area contributed by atoms with E-state index in [0.717, 1.165) is 12.6 Å². The Hall–Kier alpha value is -1.89. The van der Waals surface area contributed by atoms with E-state index in [1.807, 2.05) is 6.92 Å². The molecule has 0 saturated carbocycles. The molecule has 0 spiro atoms. The van der Waals surface area contributed by atoms with Crippen LogP contribution in [0.2, 0.25) is 0 Å². The van der Waals surface area contributed by atoms with E-state index in [1.54, 1.807) is 4.68 Å². The standard InChI is InChI=1S/C12H15F2N5/c1-2-15-8-12-16-17-18-19(12)4-3-9-5-10(13)7-11(14)6-9/h5-7,15H,2-4,8H2,1H3. The topological polar surface area (TPSA) is 55.6 Å². The maximum atomic E-state index is 13.0. The Morgan fingerprint density at radius 2 is 1.95 bits per heavy atom. The van der Waals surface area contributed by atoms with Gasteiger partial charge in [0.15, 0.2) is 5.82 Å². The van der Waals surface area contributed by atoms with Crippen LogP contribution in [0.4, 0.5) is 8.78 Å². The molecule has 0 aliphatic carbocycles. The molecular formula is C12H15F2N5. The van der Waals surface area contributed by atoms with Crippen LogP contribution in [0.3, 0.4) is 0 Å². The molecule has 1 N–H and O–H groups in total. The minimum Gasteiger partial charge on any atom is -0.310 e. The number of benzene rings is 1. The largest absolute Gasteiger partial charge is 0.310 e. The third-order valence-electron chi connectivity index (χ3n) is 2.67. The lowest BCUT2D eigenvalue weighted by Crippen LogP contribution is -2.17. The molecule has 0 radical (unpaired) electrons. The van der Waals surface area contributed by atoms with Crippen LogP contribution in [0.5, 0.6) is 0 Å². The van der Waals surface area contributed by atoms with Crippen LogP contribution >= 0.6 is 0 Å². The minimum atomic E-state index is -0.570. The van der Waals surface area contributed by atoms with E-state index in [4.69, 9.17) is 0 Å². The van der Waals surface area contributed by atoms with Gasteiger partial charge >= 0.3 is 0 Å². The van der Waals surface area contributed by atoms with Gasteiger partial charge in [0.1, 0.15) is 11.6 Å². The first kappa shape index (κ1) is 13.5. The number of hydrogen-bond acceptors (Lipinski definition) is 4. The Kier molecular flexibility index (Phi) is 4.51. The SMILES string of the molecule is CCNCc1nnnn1CCc1cc(F)cc(F)c1. The zero-order chi connectivity index (χ0) is 13.7. The molecular weight excluding hydrogens is 252 g/mol. The van der Waals surface area contributed by atoms with Crippen LogP contribution in [0, 0.1) is 11.6 Å². The summed E-state index contributed by atoms with van der Waals surface area (Å²) in [5.74, 6) is -0.432. The van der Waals surface area contributed by atoms with Crippen molar-refractivity contribution in [2.75, 3.05) is 6.54 Å². The number of nitrogens with zero attached hydrogens (tertiary/aromatic N) is 4. The van der Waals surface area contributed by atoms with Gasteiger partial charge in [0, 0.05) is 12.6 Å². The monoisotopic (exact) mass is 267 g/mol. The Morgan fingerprint density at radius 3 is 2.63 bits per heavy atom. The Bertz CT molecular complexity index is 520. The van der Waals surface area contributed by atoms with E-state index >= 15 is 0 Å². The van der Waals surface area contributed by atoms with Crippen molar-refractivity contribution < 1.29 is 8.78 Å². The summed E-state index contributed by atoms with van der Waals surface area (Å²) in [7, 11) is 0. The molecule has 0 atom stereocenters. The summed E-state index contributed by atoms with van der Waals surface area (Å²) < 4.78 is 27.7. The number of hydrogen-bond donors (Lipinski definition) is 1. The predicted molar refractivity (Wildman–Crippen MR) is 65.3 cm³/mol. The molecule has 0 unspecified atom stereocenters. The first-order chi connectivity index (χ1) is 9.19. The fourth-order valence-corrected chi connectivity index (χ4v) is 1.75. The molecule has 0 amide bonds. The zero-order valence-corrected chi connectivity index (χ0v) is 10.6. The molecule has 2 rings (SSSR count). The normalized spacial score (nSPS) is 10.9. The first-order valence-corrected chi connectivity index (χ1v) is 6.09. The third kappa shape index (κ3) is 3.78. The second-order valence-electron chi connectivity index (χ2n) is 4.13. The van der Waals surface area contributed by atoms with Gasteiger partial charge in [-0.1, -0.05) is 6.92 Å². The van der Waals surface area contributed by atoms with E-state index in [1.165, 1.54) is 12.1 Å². The van der Waals surface area contributed by atoms with Gasteiger partial charge in [0.25, 0.3) is 0 Å². The van der Waals surface area contributed by atoms with Gasteiger partial charge in [0.05, 0.1) is 6.54 Å². The van der Waals surface area contributed by atoms with Crippen LogP contribution in [-0.2, 0) is 19.5 Å². The lowest BCUT2D eigenvalue weighted by atomic mass is 10.1. The van der Waals surface area contributed by atoms with Gasteiger partial charge in [-0.3, -0.25) is 0 Å². The average Bonchev–Trinajstić information content (AvgIpc) is 2.80. The number of tetrazole rings is 1. The van der Waals surface area contributed by atoms with Crippen molar-refractivity contribution in [2.24, 2.45) is 0 Å². The summed E-state index contributed by atoms with van der Waals surface area (Å²) in [5.41, 5.74) is 0.586. The van der Waals surface area contributed by atoms with E-state index in [9.17, 15) is 8.78 Å². The second kappa shape index (κ2) is 6.33. The minimum absolute atomic E-state index is 0.471. The van der Waals surface area contributed by atoms with Crippen LogP contribution in [0.1, 0.15) is 18.3 Å². The van der Waals surface area contributed by atoms with E-state index in [0.29, 0.717) is 30.9 Å². The highest BCUT2D eigenvalue weighted by atomic mass is 19.1. The molecule has 2 aromatic rings.